The van der Waals surface area contributed by atoms with E-state index >= 15 is 0 Å². The van der Waals surface area contributed by atoms with E-state index in [9.17, 15) is 21.6 Å². The first-order valence-electron chi connectivity index (χ1n) is 12.1. The van der Waals surface area contributed by atoms with Gasteiger partial charge in [-0.05, 0) is 95.5 Å². The maximum atomic E-state index is 12.7. The number of benzene rings is 6. The molecule has 0 aliphatic rings. The molecule has 192 valence electrons. The molecule has 0 atom stereocenters. The Morgan fingerprint density at radius 1 is 0.579 bits per heavy atom. The second-order valence-electron chi connectivity index (χ2n) is 10.7. The van der Waals surface area contributed by atoms with E-state index in [-0.39, 0.29) is 11.2 Å². The molecule has 0 spiro atoms. The predicted octanol–water partition coefficient (Wildman–Crippen LogP) is 8.93. The van der Waals surface area contributed by atoms with Crippen LogP contribution >= 0.6 is 0 Å². The molecule has 6 aromatic rings. The standard InChI is InChI=1S/C31H23F3O3S/c1-30(2,3)26-15-23-8-6-21-13-25(14-22-7-9-24(16-26)29(23)28(21)22)19-4-5-20-17-27(11-10-18(20)12-19)37-38(35,36)31(32,33)34/h4-17H,1-3H3. The van der Waals surface area contributed by atoms with Gasteiger partial charge >= 0.3 is 15.6 Å². The van der Waals surface area contributed by atoms with E-state index in [1.807, 2.05) is 12.1 Å². The van der Waals surface area contributed by atoms with E-state index < -0.39 is 15.6 Å². The van der Waals surface area contributed by atoms with Crippen molar-refractivity contribution in [2.45, 2.75) is 31.7 Å². The van der Waals surface area contributed by atoms with Crippen molar-refractivity contribution >= 4 is 53.2 Å². The monoisotopic (exact) mass is 532 g/mol. The lowest BCUT2D eigenvalue weighted by Gasteiger charge is -2.21. The van der Waals surface area contributed by atoms with Crippen molar-refractivity contribution in [2.24, 2.45) is 0 Å². The lowest BCUT2D eigenvalue weighted by atomic mass is 9.83. The fourth-order valence-corrected chi connectivity index (χ4v) is 5.52. The number of rotatable bonds is 3. The third kappa shape index (κ3) is 4.02. The Hall–Kier alpha value is -3.84. The van der Waals surface area contributed by atoms with E-state index in [1.165, 1.54) is 39.2 Å². The maximum Gasteiger partial charge on any atom is 0.534 e. The highest BCUT2D eigenvalue weighted by Crippen LogP contribution is 2.40. The SMILES string of the molecule is CC(C)(C)c1cc2ccc3cc(-c4ccc5cc(OS(=O)(=O)C(F)(F)F)ccc5c4)cc4ccc(c1)c2c34. The van der Waals surface area contributed by atoms with Gasteiger partial charge in [0, 0.05) is 0 Å². The molecule has 0 aliphatic heterocycles. The zero-order valence-corrected chi connectivity index (χ0v) is 21.7. The molecule has 7 heteroatoms. The highest BCUT2D eigenvalue weighted by molar-refractivity contribution is 7.88. The molecule has 0 bridgehead atoms. The molecule has 6 aromatic carbocycles. The predicted molar refractivity (Wildman–Crippen MR) is 147 cm³/mol. The lowest BCUT2D eigenvalue weighted by molar-refractivity contribution is -0.0500. The smallest absolute Gasteiger partial charge is 0.376 e. The first kappa shape index (κ1) is 24.5. The maximum absolute atomic E-state index is 12.7. The Morgan fingerprint density at radius 3 is 1.55 bits per heavy atom. The Balaban J connectivity index is 1.43. The van der Waals surface area contributed by atoms with Crippen LogP contribution in [0.5, 0.6) is 5.75 Å². The van der Waals surface area contributed by atoms with Crippen LogP contribution in [0.4, 0.5) is 13.2 Å². The van der Waals surface area contributed by atoms with Gasteiger partial charge < -0.3 is 4.18 Å². The van der Waals surface area contributed by atoms with Gasteiger partial charge in [-0.15, -0.1) is 0 Å². The molecule has 6 rings (SSSR count). The summed E-state index contributed by atoms with van der Waals surface area (Å²) in [4.78, 5) is 0. The van der Waals surface area contributed by atoms with Gasteiger partial charge in [0.1, 0.15) is 5.75 Å². The minimum absolute atomic E-state index is 0.0488. The molecule has 38 heavy (non-hydrogen) atoms. The summed E-state index contributed by atoms with van der Waals surface area (Å²) in [7, 11) is -5.73. The number of alkyl halides is 3. The molecule has 0 saturated carbocycles. The number of hydrogen-bond acceptors (Lipinski definition) is 3. The van der Waals surface area contributed by atoms with Crippen LogP contribution in [-0.4, -0.2) is 13.9 Å². The second-order valence-corrected chi connectivity index (χ2v) is 12.2. The normalized spacial score (nSPS) is 13.2. The summed E-state index contributed by atoms with van der Waals surface area (Å²) in [5.74, 6) is -0.389. The van der Waals surface area contributed by atoms with Crippen LogP contribution < -0.4 is 4.18 Å². The molecule has 0 radical (unpaired) electrons. The quantitative estimate of drug-likeness (QED) is 0.130. The molecule has 0 saturated heterocycles. The van der Waals surface area contributed by atoms with E-state index in [4.69, 9.17) is 0 Å². The van der Waals surface area contributed by atoms with Gasteiger partial charge in [0.15, 0.2) is 0 Å². The Kier molecular flexibility index (Phi) is 5.21. The van der Waals surface area contributed by atoms with E-state index in [0.717, 1.165) is 27.3 Å². The molecule has 0 amide bonds. The van der Waals surface area contributed by atoms with Crippen LogP contribution in [-0.2, 0) is 15.5 Å². The number of halogens is 3. The highest BCUT2D eigenvalue weighted by atomic mass is 32.2. The third-order valence-electron chi connectivity index (χ3n) is 7.03. The minimum atomic E-state index is -5.73. The highest BCUT2D eigenvalue weighted by Gasteiger charge is 2.48. The zero-order valence-electron chi connectivity index (χ0n) is 20.8. The molecular weight excluding hydrogens is 509 g/mol. The average Bonchev–Trinajstić information content (AvgIpc) is 2.85. The Bertz CT molecular complexity index is 1920. The van der Waals surface area contributed by atoms with Gasteiger partial charge in [0.2, 0.25) is 0 Å². The van der Waals surface area contributed by atoms with E-state index in [1.54, 1.807) is 12.1 Å². The van der Waals surface area contributed by atoms with Crippen molar-refractivity contribution in [3.63, 3.8) is 0 Å². The van der Waals surface area contributed by atoms with Gasteiger partial charge in [-0.3, -0.25) is 0 Å². The summed E-state index contributed by atoms with van der Waals surface area (Å²) >= 11 is 0. The van der Waals surface area contributed by atoms with Crippen LogP contribution in [0.15, 0.2) is 84.9 Å². The summed E-state index contributed by atoms with van der Waals surface area (Å²) in [5.41, 5.74) is -2.20. The van der Waals surface area contributed by atoms with Crippen LogP contribution in [0.25, 0.3) is 54.2 Å². The summed E-state index contributed by atoms with van der Waals surface area (Å²) < 4.78 is 65.0. The van der Waals surface area contributed by atoms with Gasteiger partial charge in [-0.1, -0.05) is 75.4 Å². The molecule has 3 nitrogen and oxygen atoms in total. The van der Waals surface area contributed by atoms with Crippen molar-refractivity contribution in [1.29, 1.82) is 0 Å². The van der Waals surface area contributed by atoms with Gasteiger partial charge in [-0.2, -0.15) is 21.6 Å². The molecule has 0 unspecified atom stereocenters. The van der Waals surface area contributed by atoms with Crippen molar-refractivity contribution in [3.8, 4) is 16.9 Å². The summed E-state index contributed by atoms with van der Waals surface area (Å²) in [6.07, 6.45) is 0. The Morgan fingerprint density at radius 2 is 1.03 bits per heavy atom. The van der Waals surface area contributed by atoms with Crippen molar-refractivity contribution in [2.75, 3.05) is 0 Å². The number of hydrogen-bond donors (Lipinski definition) is 0. The summed E-state index contributed by atoms with van der Waals surface area (Å²) in [6, 6.07) is 27.1. The first-order chi connectivity index (χ1) is 17.8. The number of fused-ring (bicyclic) bond motifs is 1. The van der Waals surface area contributed by atoms with E-state index in [2.05, 4.69) is 73.5 Å². The summed E-state index contributed by atoms with van der Waals surface area (Å²) in [5, 5.41) is 8.47. The van der Waals surface area contributed by atoms with E-state index in [0.29, 0.717) is 5.39 Å². The van der Waals surface area contributed by atoms with Crippen LogP contribution in [0, 0.1) is 0 Å². The molecule has 0 heterocycles. The first-order valence-corrected chi connectivity index (χ1v) is 13.5. The third-order valence-corrected chi connectivity index (χ3v) is 8.01. The van der Waals surface area contributed by atoms with Gasteiger partial charge in [0.25, 0.3) is 0 Å². The fraction of sp³-hybridized carbons (Fsp3) is 0.161. The molecule has 0 fully saturated rings. The van der Waals surface area contributed by atoms with Crippen molar-refractivity contribution < 1.29 is 25.8 Å². The zero-order chi connectivity index (χ0) is 27.0. The van der Waals surface area contributed by atoms with Crippen LogP contribution in [0.2, 0.25) is 0 Å². The van der Waals surface area contributed by atoms with Crippen molar-refractivity contribution in [1.82, 2.24) is 0 Å². The lowest BCUT2D eigenvalue weighted by Crippen LogP contribution is -2.28. The topological polar surface area (TPSA) is 43.4 Å². The molecule has 0 aromatic heterocycles. The largest absolute Gasteiger partial charge is 0.534 e. The minimum Gasteiger partial charge on any atom is -0.376 e. The molecule has 0 aliphatic carbocycles. The van der Waals surface area contributed by atoms with Crippen LogP contribution in [0.1, 0.15) is 26.3 Å². The van der Waals surface area contributed by atoms with Gasteiger partial charge in [-0.25, -0.2) is 0 Å². The van der Waals surface area contributed by atoms with Gasteiger partial charge in [0.05, 0.1) is 0 Å². The van der Waals surface area contributed by atoms with Crippen molar-refractivity contribution in [3.05, 3.63) is 90.5 Å². The summed E-state index contributed by atoms with van der Waals surface area (Å²) in [6.45, 7) is 6.65. The molecular formula is C31H23F3O3S. The molecule has 0 N–H and O–H groups in total. The Labute approximate surface area is 217 Å². The average molecular weight is 533 g/mol. The fourth-order valence-electron chi connectivity index (χ4n) is 5.07. The van der Waals surface area contributed by atoms with Crippen LogP contribution in [0.3, 0.4) is 0 Å². The second kappa shape index (κ2) is 8.08.